The van der Waals surface area contributed by atoms with E-state index in [1.165, 1.54) is 4.57 Å². The molecular formula is C9H12N2O3. The summed E-state index contributed by atoms with van der Waals surface area (Å²) in [6, 6.07) is 1.02. The van der Waals surface area contributed by atoms with Gasteiger partial charge in [0.15, 0.2) is 0 Å². The van der Waals surface area contributed by atoms with Crippen molar-refractivity contribution >= 4 is 0 Å². The second-order valence-corrected chi connectivity index (χ2v) is 4.19. The minimum Gasteiger partial charge on any atom is -0.494 e. The zero-order valence-electron chi connectivity index (χ0n) is 7.91. The smallest absolute Gasteiger partial charge is 0.331 e. The van der Waals surface area contributed by atoms with Crippen LogP contribution in [0.5, 0.6) is 5.88 Å². The second-order valence-electron chi connectivity index (χ2n) is 4.19. The molecule has 0 atom stereocenters. The van der Waals surface area contributed by atoms with E-state index in [0.717, 1.165) is 18.9 Å². The normalized spacial score (nSPS) is 18.1. The Morgan fingerprint density at radius 3 is 2.71 bits per heavy atom. The van der Waals surface area contributed by atoms with Gasteiger partial charge in [0.1, 0.15) is 0 Å². The van der Waals surface area contributed by atoms with Crippen molar-refractivity contribution in [2.75, 3.05) is 0 Å². The standard InChI is InChI=1S/C9H12N2O3/c1-9(2-3-9)5-11-7(13)4-6(12)10-8(11)14/h4,13H,2-3,5H2,1H3,(H,10,12,14). The summed E-state index contributed by atoms with van der Waals surface area (Å²) in [6.45, 7) is 2.51. The number of aromatic nitrogens is 2. The van der Waals surface area contributed by atoms with Crippen molar-refractivity contribution in [3.8, 4) is 5.88 Å². The van der Waals surface area contributed by atoms with Gasteiger partial charge in [-0.1, -0.05) is 6.92 Å². The number of nitrogens with one attached hydrogen (secondary N) is 1. The van der Waals surface area contributed by atoms with Gasteiger partial charge in [-0.3, -0.25) is 14.3 Å². The van der Waals surface area contributed by atoms with Gasteiger partial charge in [-0.15, -0.1) is 0 Å². The third kappa shape index (κ3) is 1.57. The van der Waals surface area contributed by atoms with E-state index in [-0.39, 0.29) is 11.3 Å². The Hall–Kier alpha value is -1.52. The molecule has 0 aromatic carbocycles. The quantitative estimate of drug-likeness (QED) is 0.701. The van der Waals surface area contributed by atoms with Gasteiger partial charge in [-0.25, -0.2) is 4.79 Å². The number of aromatic hydroxyl groups is 1. The number of hydrogen-bond acceptors (Lipinski definition) is 3. The lowest BCUT2D eigenvalue weighted by Gasteiger charge is -2.11. The molecule has 0 aliphatic heterocycles. The van der Waals surface area contributed by atoms with Crippen LogP contribution in [0.15, 0.2) is 15.7 Å². The maximum absolute atomic E-state index is 11.3. The highest BCUT2D eigenvalue weighted by atomic mass is 16.3. The number of H-pyrrole nitrogens is 1. The number of hydrogen-bond donors (Lipinski definition) is 2. The van der Waals surface area contributed by atoms with Crippen LogP contribution in [0.1, 0.15) is 19.8 Å². The van der Waals surface area contributed by atoms with Gasteiger partial charge in [-0.05, 0) is 18.3 Å². The van der Waals surface area contributed by atoms with Crippen LogP contribution in [0.4, 0.5) is 0 Å². The van der Waals surface area contributed by atoms with Crippen molar-refractivity contribution in [2.24, 2.45) is 5.41 Å². The molecule has 0 bridgehead atoms. The van der Waals surface area contributed by atoms with Crippen LogP contribution in [-0.4, -0.2) is 14.7 Å². The maximum Gasteiger partial charge on any atom is 0.331 e. The Labute approximate surface area is 80.0 Å². The molecule has 14 heavy (non-hydrogen) atoms. The van der Waals surface area contributed by atoms with Gasteiger partial charge >= 0.3 is 5.69 Å². The predicted octanol–water partition coefficient (Wildman–Crippen LogP) is 0.0423. The van der Waals surface area contributed by atoms with Crippen LogP contribution in [0.2, 0.25) is 0 Å². The highest BCUT2D eigenvalue weighted by Gasteiger charge is 2.38. The summed E-state index contributed by atoms with van der Waals surface area (Å²) in [4.78, 5) is 24.3. The summed E-state index contributed by atoms with van der Waals surface area (Å²) >= 11 is 0. The highest BCUT2D eigenvalue weighted by molar-refractivity contribution is 5.07. The molecule has 5 nitrogen and oxygen atoms in total. The SMILES string of the molecule is CC1(Cn2c(O)cc(=O)[nH]c2=O)CC1. The van der Waals surface area contributed by atoms with Crippen LogP contribution in [0.25, 0.3) is 0 Å². The van der Waals surface area contributed by atoms with Crippen LogP contribution in [0.3, 0.4) is 0 Å². The minimum atomic E-state index is -0.565. The molecule has 1 fully saturated rings. The topological polar surface area (TPSA) is 75.1 Å². The Bertz CT molecular complexity index is 468. The zero-order valence-corrected chi connectivity index (χ0v) is 7.91. The number of rotatable bonds is 2. The van der Waals surface area contributed by atoms with E-state index >= 15 is 0 Å². The van der Waals surface area contributed by atoms with Crippen LogP contribution < -0.4 is 11.2 Å². The third-order valence-corrected chi connectivity index (χ3v) is 2.66. The molecule has 0 saturated heterocycles. The summed E-state index contributed by atoms with van der Waals surface area (Å²) in [5.41, 5.74) is -0.993. The number of aromatic amines is 1. The van der Waals surface area contributed by atoms with Gasteiger partial charge in [-0.2, -0.15) is 0 Å². The van der Waals surface area contributed by atoms with Crippen molar-refractivity contribution < 1.29 is 5.11 Å². The summed E-state index contributed by atoms with van der Waals surface area (Å²) in [6.07, 6.45) is 2.11. The Morgan fingerprint density at radius 1 is 1.57 bits per heavy atom. The molecule has 2 N–H and O–H groups in total. The molecule has 2 rings (SSSR count). The molecule has 1 aromatic rings. The van der Waals surface area contributed by atoms with Gasteiger partial charge in [0.2, 0.25) is 5.88 Å². The molecule has 0 spiro atoms. The van der Waals surface area contributed by atoms with Crippen molar-refractivity contribution in [1.82, 2.24) is 9.55 Å². The minimum absolute atomic E-state index is 0.111. The highest BCUT2D eigenvalue weighted by Crippen LogP contribution is 2.46. The van der Waals surface area contributed by atoms with E-state index in [2.05, 4.69) is 4.98 Å². The van der Waals surface area contributed by atoms with Gasteiger partial charge in [0.25, 0.3) is 5.56 Å². The summed E-state index contributed by atoms with van der Waals surface area (Å²) in [5.74, 6) is -0.258. The van der Waals surface area contributed by atoms with E-state index in [0.29, 0.717) is 6.54 Å². The first kappa shape index (κ1) is 9.05. The molecule has 1 aliphatic rings. The maximum atomic E-state index is 11.3. The van der Waals surface area contributed by atoms with Crippen molar-refractivity contribution in [3.05, 3.63) is 26.9 Å². The largest absolute Gasteiger partial charge is 0.494 e. The summed E-state index contributed by atoms with van der Waals surface area (Å²) in [5, 5.41) is 9.41. The Morgan fingerprint density at radius 2 is 2.21 bits per heavy atom. The molecule has 0 amide bonds. The first-order valence-electron chi connectivity index (χ1n) is 4.53. The van der Waals surface area contributed by atoms with E-state index in [1.807, 2.05) is 6.92 Å². The van der Waals surface area contributed by atoms with Crippen molar-refractivity contribution in [3.63, 3.8) is 0 Å². The van der Waals surface area contributed by atoms with E-state index in [4.69, 9.17) is 0 Å². The van der Waals surface area contributed by atoms with E-state index in [9.17, 15) is 14.7 Å². The molecule has 76 valence electrons. The Balaban J connectivity index is 2.42. The molecule has 0 unspecified atom stereocenters. The molecule has 1 aliphatic carbocycles. The number of nitrogens with zero attached hydrogens (tertiary/aromatic N) is 1. The Kier molecular flexibility index (Phi) is 1.77. The molecule has 0 radical (unpaired) electrons. The van der Waals surface area contributed by atoms with E-state index in [1.54, 1.807) is 0 Å². The second kappa shape index (κ2) is 2.73. The lowest BCUT2D eigenvalue weighted by molar-refractivity contribution is 0.359. The van der Waals surface area contributed by atoms with Crippen LogP contribution in [0, 0.1) is 5.41 Å². The average Bonchev–Trinajstić information content (AvgIpc) is 2.77. The first-order chi connectivity index (χ1) is 6.50. The fraction of sp³-hybridized carbons (Fsp3) is 0.556. The third-order valence-electron chi connectivity index (χ3n) is 2.66. The summed E-state index contributed by atoms with van der Waals surface area (Å²) < 4.78 is 1.20. The van der Waals surface area contributed by atoms with Gasteiger partial charge in [0, 0.05) is 6.54 Å². The van der Waals surface area contributed by atoms with Gasteiger partial charge < -0.3 is 5.11 Å². The first-order valence-corrected chi connectivity index (χ1v) is 4.53. The lowest BCUT2D eigenvalue weighted by Crippen LogP contribution is -2.31. The zero-order chi connectivity index (χ0) is 10.3. The fourth-order valence-electron chi connectivity index (χ4n) is 1.41. The van der Waals surface area contributed by atoms with Crippen molar-refractivity contribution in [1.29, 1.82) is 0 Å². The lowest BCUT2D eigenvalue weighted by atomic mass is 10.1. The van der Waals surface area contributed by atoms with Crippen molar-refractivity contribution in [2.45, 2.75) is 26.3 Å². The summed E-state index contributed by atoms with van der Waals surface area (Å²) in [7, 11) is 0. The van der Waals surface area contributed by atoms with Crippen LogP contribution in [-0.2, 0) is 6.54 Å². The molecule has 5 heteroatoms. The molecule has 1 heterocycles. The van der Waals surface area contributed by atoms with Crippen LogP contribution >= 0.6 is 0 Å². The average molecular weight is 196 g/mol. The molecule has 1 aromatic heterocycles. The molecule has 1 saturated carbocycles. The monoisotopic (exact) mass is 196 g/mol. The fourth-order valence-corrected chi connectivity index (χ4v) is 1.41. The molecular weight excluding hydrogens is 184 g/mol. The predicted molar refractivity (Wildman–Crippen MR) is 50.3 cm³/mol. The van der Waals surface area contributed by atoms with E-state index < -0.39 is 11.2 Å². The van der Waals surface area contributed by atoms with Gasteiger partial charge in [0.05, 0.1) is 6.07 Å².